The van der Waals surface area contributed by atoms with Crippen LogP contribution in [0.4, 0.5) is 0 Å². The van der Waals surface area contributed by atoms with E-state index in [2.05, 4.69) is 43.5 Å². The highest BCUT2D eigenvalue weighted by Crippen LogP contribution is 2.05. The second kappa shape index (κ2) is 17.1. The van der Waals surface area contributed by atoms with E-state index in [0.717, 1.165) is 0 Å². The molecule has 0 saturated heterocycles. The summed E-state index contributed by atoms with van der Waals surface area (Å²) >= 11 is 4.14. The van der Waals surface area contributed by atoms with Gasteiger partial charge in [-0.2, -0.15) is 12.6 Å². The SMILES string of the molecule is NCCCCC(N)C(=O)NC(CS)C(=O)NC(Cc1cnc[nH]1)C(=O)NC(CCCN=C(N)N)C(=O)O. The fourth-order valence-electron chi connectivity index (χ4n) is 3.24. The normalized spacial score (nSPS) is 14.0. The van der Waals surface area contributed by atoms with Gasteiger partial charge in [-0.3, -0.25) is 19.4 Å². The van der Waals surface area contributed by atoms with Crippen LogP contribution in [0.2, 0.25) is 0 Å². The minimum Gasteiger partial charge on any atom is -0.480 e. The van der Waals surface area contributed by atoms with E-state index in [0.29, 0.717) is 37.9 Å². The van der Waals surface area contributed by atoms with Gasteiger partial charge in [0.2, 0.25) is 17.7 Å². The van der Waals surface area contributed by atoms with Crippen LogP contribution in [0.5, 0.6) is 0 Å². The summed E-state index contributed by atoms with van der Waals surface area (Å²) in [5, 5.41) is 17.1. The maximum atomic E-state index is 13.0. The van der Waals surface area contributed by atoms with Gasteiger partial charge in [-0.05, 0) is 32.2 Å². The fraction of sp³-hybridized carbons (Fsp3) is 0.619. The average Bonchev–Trinajstić information content (AvgIpc) is 3.36. The Kier molecular flexibility index (Phi) is 14.7. The largest absolute Gasteiger partial charge is 0.480 e. The highest BCUT2D eigenvalue weighted by Gasteiger charge is 2.30. The first kappa shape index (κ1) is 31.7. The standard InChI is InChI=1S/C21H38N10O5S/c22-6-2-1-4-13(23)17(32)31-16(10-37)19(34)30-15(8-12-9-26-11-28-12)18(33)29-14(20(35)36)5-3-7-27-21(24)25/h9,11,13-16,37H,1-8,10,22-23H2,(H,26,28)(H,29,33)(H,30,34)(H,31,32)(H,35,36)(H4,24,25,27). The number of nitrogens with zero attached hydrogens (tertiary/aromatic N) is 2. The van der Waals surface area contributed by atoms with Gasteiger partial charge >= 0.3 is 5.97 Å². The van der Waals surface area contributed by atoms with Gasteiger partial charge in [-0.15, -0.1) is 0 Å². The number of hydrogen-bond donors (Lipinski definition) is 10. The molecule has 1 aromatic rings. The van der Waals surface area contributed by atoms with Crippen LogP contribution in [0.25, 0.3) is 0 Å². The van der Waals surface area contributed by atoms with Gasteiger partial charge < -0.3 is 49.0 Å². The zero-order valence-electron chi connectivity index (χ0n) is 20.6. The molecule has 0 aliphatic heterocycles. The zero-order valence-corrected chi connectivity index (χ0v) is 21.5. The summed E-state index contributed by atoms with van der Waals surface area (Å²) < 4.78 is 0. The summed E-state index contributed by atoms with van der Waals surface area (Å²) in [6.07, 6.45) is 4.98. The predicted octanol–water partition coefficient (Wildman–Crippen LogP) is -3.07. The monoisotopic (exact) mass is 542 g/mol. The first-order valence-electron chi connectivity index (χ1n) is 11.8. The van der Waals surface area contributed by atoms with E-state index in [9.17, 15) is 24.3 Å². The summed E-state index contributed by atoms with van der Waals surface area (Å²) in [4.78, 5) is 60.6. The Labute approximate surface area is 220 Å². The number of aromatic amines is 1. The maximum absolute atomic E-state index is 13.0. The number of nitrogens with two attached hydrogens (primary N) is 4. The molecule has 4 unspecified atom stereocenters. The van der Waals surface area contributed by atoms with Crippen LogP contribution in [0, 0.1) is 0 Å². The number of carbonyl (C=O) groups is 4. The number of imidazole rings is 1. The van der Waals surface area contributed by atoms with Crippen molar-refractivity contribution < 1.29 is 24.3 Å². The first-order valence-corrected chi connectivity index (χ1v) is 12.4. The molecule has 0 aromatic carbocycles. The Morgan fingerprint density at radius 3 is 2.22 bits per heavy atom. The van der Waals surface area contributed by atoms with Crippen molar-refractivity contribution in [3.8, 4) is 0 Å². The van der Waals surface area contributed by atoms with Crippen molar-refractivity contribution in [3.05, 3.63) is 18.2 Å². The third-order valence-corrected chi connectivity index (χ3v) is 5.66. The minimum absolute atomic E-state index is 0.0102. The summed E-state index contributed by atoms with van der Waals surface area (Å²) in [5.41, 5.74) is 22.4. The number of aromatic nitrogens is 2. The molecule has 208 valence electrons. The second-order valence-electron chi connectivity index (χ2n) is 8.33. The lowest BCUT2D eigenvalue weighted by Gasteiger charge is -2.24. The van der Waals surface area contributed by atoms with Crippen molar-refractivity contribution >= 4 is 42.3 Å². The van der Waals surface area contributed by atoms with E-state index in [1.807, 2.05) is 0 Å². The molecule has 0 aliphatic carbocycles. The number of carboxylic acids is 1. The second-order valence-corrected chi connectivity index (χ2v) is 8.69. The summed E-state index contributed by atoms with van der Waals surface area (Å²) in [7, 11) is 0. The van der Waals surface area contributed by atoms with Crippen molar-refractivity contribution in [1.29, 1.82) is 0 Å². The van der Waals surface area contributed by atoms with Gasteiger partial charge in [0.15, 0.2) is 5.96 Å². The van der Waals surface area contributed by atoms with Crippen molar-refractivity contribution in [3.63, 3.8) is 0 Å². The molecule has 0 bridgehead atoms. The topological polar surface area (TPSA) is 270 Å². The van der Waals surface area contributed by atoms with E-state index in [4.69, 9.17) is 22.9 Å². The minimum atomic E-state index is -1.26. The summed E-state index contributed by atoms with van der Waals surface area (Å²) in [5.74, 6) is -3.40. The van der Waals surface area contributed by atoms with Gasteiger partial charge in [-0.25, -0.2) is 9.78 Å². The van der Waals surface area contributed by atoms with E-state index < -0.39 is 47.9 Å². The summed E-state index contributed by atoms with van der Waals surface area (Å²) in [6, 6.07) is -4.33. The first-order chi connectivity index (χ1) is 17.6. The quantitative estimate of drug-likeness (QED) is 0.0387. The Hall–Kier alpha value is -3.37. The van der Waals surface area contributed by atoms with Crippen LogP contribution in [0.15, 0.2) is 17.5 Å². The molecule has 1 aromatic heterocycles. The number of rotatable bonds is 18. The number of unbranched alkanes of at least 4 members (excludes halogenated alkanes) is 1. The fourth-order valence-corrected chi connectivity index (χ4v) is 3.50. The highest BCUT2D eigenvalue weighted by molar-refractivity contribution is 7.80. The molecular weight excluding hydrogens is 504 g/mol. The molecule has 0 aliphatic rings. The third kappa shape index (κ3) is 12.4. The van der Waals surface area contributed by atoms with Crippen LogP contribution in [-0.2, 0) is 25.6 Å². The lowest BCUT2D eigenvalue weighted by molar-refractivity contribution is -0.142. The van der Waals surface area contributed by atoms with Crippen molar-refractivity contribution in [2.45, 2.75) is 62.7 Å². The van der Waals surface area contributed by atoms with Gasteiger partial charge in [0.25, 0.3) is 0 Å². The average molecular weight is 543 g/mol. The Morgan fingerprint density at radius 1 is 1.00 bits per heavy atom. The van der Waals surface area contributed by atoms with E-state index in [-0.39, 0.29) is 31.1 Å². The molecule has 0 saturated carbocycles. The molecular formula is C21H38N10O5S. The highest BCUT2D eigenvalue weighted by atomic mass is 32.1. The predicted molar refractivity (Wildman–Crippen MR) is 140 cm³/mol. The van der Waals surface area contributed by atoms with E-state index in [1.165, 1.54) is 12.5 Å². The molecule has 13 N–H and O–H groups in total. The van der Waals surface area contributed by atoms with Crippen LogP contribution < -0.4 is 38.9 Å². The van der Waals surface area contributed by atoms with Gasteiger partial charge in [-0.1, -0.05) is 6.42 Å². The van der Waals surface area contributed by atoms with Crippen molar-refractivity contribution in [2.75, 3.05) is 18.8 Å². The van der Waals surface area contributed by atoms with Crippen LogP contribution in [0.1, 0.15) is 37.8 Å². The smallest absolute Gasteiger partial charge is 0.326 e. The number of aliphatic carboxylic acids is 1. The van der Waals surface area contributed by atoms with Gasteiger partial charge in [0.05, 0.1) is 12.4 Å². The molecule has 3 amide bonds. The number of H-pyrrole nitrogens is 1. The lowest BCUT2D eigenvalue weighted by Crippen LogP contribution is -2.58. The summed E-state index contributed by atoms with van der Waals surface area (Å²) in [6.45, 7) is 0.669. The molecule has 1 heterocycles. The number of carbonyl (C=O) groups excluding carboxylic acids is 3. The molecule has 0 fully saturated rings. The number of amides is 3. The maximum Gasteiger partial charge on any atom is 0.326 e. The lowest BCUT2D eigenvalue weighted by atomic mass is 10.1. The van der Waals surface area contributed by atoms with Gasteiger partial charge in [0, 0.05) is 30.6 Å². The number of hydrogen-bond acceptors (Lipinski definition) is 9. The van der Waals surface area contributed by atoms with E-state index >= 15 is 0 Å². The Balaban J connectivity index is 2.88. The van der Waals surface area contributed by atoms with Crippen LogP contribution in [0.3, 0.4) is 0 Å². The molecule has 1 rings (SSSR count). The molecule has 0 spiro atoms. The zero-order chi connectivity index (χ0) is 27.8. The Morgan fingerprint density at radius 2 is 1.65 bits per heavy atom. The third-order valence-electron chi connectivity index (χ3n) is 5.29. The van der Waals surface area contributed by atoms with Gasteiger partial charge in [0.1, 0.15) is 18.1 Å². The van der Waals surface area contributed by atoms with E-state index in [1.54, 1.807) is 0 Å². The number of guanidine groups is 1. The number of aliphatic imine (C=N–C) groups is 1. The molecule has 0 radical (unpaired) electrons. The molecule has 16 heteroatoms. The molecule has 15 nitrogen and oxygen atoms in total. The van der Waals surface area contributed by atoms with Crippen molar-refractivity contribution in [2.24, 2.45) is 27.9 Å². The molecule has 37 heavy (non-hydrogen) atoms. The Bertz CT molecular complexity index is 894. The number of carboxylic acid groups (broad SMARTS) is 1. The van der Waals surface area contributed by atoms with Crippen LogP contribution in [-0.4, -0.2) is 87.7 Å². The number of nitrogens with one attached hydrogen (secondary N) is 4. The van der Waals surface area contributed by atoms with Crippen molar-refractivity contribution in [1.82, 2.24) is 25.9 Å². The molecule has 4 atom stereocenters. The number of thiol groups is 1. The van der Waals surface area contributed by atoms with Crippen LogP contribution >= 0.6 is 12.6 Å².